The standard InChI is InChI=1S/C16H19N3O2/c1-11-17-16(21-19-11)7-3-6-15(20)18-14-9-8-12-4-2-5-13(12)10-14/h8-10H,2-7H2,1H3,(H,18,20). The molecule has 0 unspecified atom stereocenters. The highest BCUT2D eigenvalue weighted by atomic mass is 16.5. The Morgan fingerprint density at radius 2 is 2.19 bits per heavy atom. The third-order valence-electron chi connectivity index (χ3n) is 3.75. The molecule has 0 saturated carbocycles. The number of carbonyl (C=O) groups excluding carboxylic acids is 1. The number of fused-ring (bicyclic) bond motifs is 1. The molecule has 0 radical (unpaired) electrons. The fourth-order valence-corrected chi connectivity index (χ4v) is 2.71. The highest BCUT2D eigenvalue weighted by Crippen LogP contribution is 2.24. The minimum atomic E-state index is 0.0317. The van der Waals surface area contributed by atoms with Crippen molar-refractivity contribution in [3.63, 3.8) is 0 Å². The van der Waals surface area contributed by atoms with Gasteiger partial charge in [-0.25, -0.2) is 0 Å². The van der Waals surface area contributed by atoms with Gasteiger partial charge in [-0.05, 0) is 55.9 Å². The molecule has 1 heterocycles. The summed E-state index contributed by atoms with van der Waals surface area (Å²) in [6.45, 7) is 1.79. The summed E-state index contributed by atoms with van der Waals surface area (Å²) in [7, 11) is 0. The van der Waals surface area contributed by atoms with Gasteiger partial charge >= 0.3 is 0 Å². The minimum absolute atomic E-state index is 0.0317. The normalized spacial score (nSPS) is 13.2. The van der Waals surface area contributed by atoms with Crippen molar-refractivity contribution in [3.05, 3.63) is 41.0 Å². The zero-order chi connectivity index (χ0) is 14.7. The average molecular weight is 285 g/mol. The number of benzene rings is 1. The Hall–Kier alpha value is -2.17. The first kappa shape index (κ1) is 13.8. The molecular formula is C16H19N3O2. The molecule has 5 heteroatoms. The molecule has 1 N–H and O–H groups in total. The van der Waals surface area contributed by atoms with Gasteiger partial charge in [0, 0.05) is 18.5 Å². The lowest BCUT2D eigenvalue weighted by Crippen LogP contribution is -2.11. The third-order valence-corrected chi connectivity index (χ3v) is 3.75. The molecule has 1 aliphatic carbocycles. The Kier molecular flexibility index (Phi) is 3.99. The first-order valence-corrected chi connectivity index (χ1v) is 7.41. The summed E-state index contributed by atoms with van der Waals surface area (Å²) in [5.74, 6) is 1.26. The van der Waals surface area contributed by atoms with Crippen LogP contribution in [0.4, 0.5) is 5.69 Å². The van der Waals surface area contributed by atoms with E-state index in [4.69, 9.17) is 4.52 Å². The molecule has 0 atom stereocenters. The van der Waals surface area contributed by atoms with Crippen LogP contribution in [0.25, 0.3) is 0 Å². The Bertz CT molecular complexity index is 649. The van der Waals surface area contributed by atoms with Crippen LogP contribution in [-0.2, 0) is 24.1 Å². The number of nitrogens with zero attached hydrogens (tertiary/aromatic N) is 2. The van der Waals surface area contributed by atoms with E-state index >= 15 is 0 Å². The highest BCUT2D eigenvalue weighted by Gasteiger charge is 2.12. The van der Waals surface area contributed by atoms with E-state index in [9.17, 15) is 4.79 Å². The molecule has 0 fully saturated rings. The minimum Gasteiger partial charge on any atom is -0.339 e. The number of hydrogen-bond acceptors (Lipinski definition) is 4. The van der Waals surface area contributed by atoms with Crippen molar-refractivity contribution in [1.29, 1.82) is 0 Å². The molecule has 0 bridgehead atoms. The summed E-state index contributed by atoms with van der Waals surface area (Å²) in [5, 5.41) is 6.69. The van der Waals surface area contributed by atoms with Gasteiger partial charge in [-0.3, -0.25) is 4.79 Å². The van der Waals surface area contributed by atoms with Crippen molar-refractivity contribution in [2.24, 2.45) is 0 Å². The van der Waals surface area contributed by atoms with Crippen molar-refractivity contribution in [1.82, 2.24) is 10.1 Å². The second-order valence-electron chi connectivity index (χ2n) is 5.47. The van der Waals surface area contributed by atoms with Gasteiger partial charge < -0.3 is 9.84 Å². The average Bonchev–Trinajstić information content (AvgIpc) is 3.07. The highest BCUT2D eigenvalue weighted by molar-refractivity contribution is 5.90. The van der Waals surface area contributed by atoms with Crippen LogP contribution in [-0.4, -0.2) is 16.0 Å². The Morgan fingerprint density at radius 1 is 1.33 bits per heavy atom. The van der Waals surface area contributed by atoms with Crippen LogP contribution in [0.1, 0.15) is 42.1 Å². The third kappa shape index (κ3) is 3.48. The molecule has 0 saturated heterocycles. The van der Waals surface area contributed by atoms with E-state index in [2.05, 4.69) is 27.6 Å². The van der Waals surface area contributed by atoms with E-state index in [0.29, 0.717) is 31.0 Å². The fourth-order valence-electron chi connectivity index (χ4n) is 2.71. The van der Waals surface area contributed by atoms with Crippen molar-refractivity contribution >= 4 is 11.6 Å². The number of hydrogen-bond donors (Lipinski definition) is 1. The molecule has 1 aliphatic rings. The van der Waals surface area contributed by atoms with Gasteiger partial charge in [0.05, 0.1) is 0 Å². The topological polar surface area (TPSA) is 68.0 Å². The number of aryl methyl sites for hydroxylation is 4. The van der Waals surface area contributed by atoms with Crippen molar-refractivity contribution in [3.8, 4) is 0 Å². The SMILES string of the molecule is Cc1noc(CCCC(=O)Nc2ccc3c(c2)CCC3)n1. The number of anilines is 1. The maximum atomic E-state index is 11.9. The molecule has 5 nitrogen and oxygen atoms in total. The summed E-state index contributed by atoms with van der Waals surface area (Å²) >= 11 is 0. The smallest absolute Gasteiger partial charge is 0.226 e. The van der Waals surface area contributed by atoms with Gasteiger partial charge in [-0.2, -0.15) is 4.98 Å². The summed E-state index contributed by atoms with van der Waals surface area (Å²) in [4.78, 5) is 16.1. The number of carbonyl (C=O) groups is 1. The van der Waals surface area contributed by atoms with Crippen molar-refractivity contribution in [2.45, 2.75) is 45.4 Å². The van der Waals surface area contributed by atoms with E-state index in [-0.39, 0.29) is 5.91 Å². The van der Waals surface area contributed by atoms with E-state index in [0.717, 1.165) is 18.5 Å². The summed E-state index contributed by atoms with van der Waals surface area (Å²) in [5.41, 5.74) is 3.68. The van der Waals surface area contributed by atoms with Crippen LogP contribution in [0.15, 0.2) is 22.7 Å². The molecule has 21 heavy (non-hydrogen) atoms. The fraction of sp³-hybridized carbons (Fsp3) is 0.438. The van der Waals surface area contributed by atoms with Gasteiger partial charge in [-0.1, -0.05) is 11.2 Å². The predicted octanol–water partition coefficient (Wildman–Crippen LogP) is 2.83. The maximum Gasteiger partial charge on any atom is 0.226 e. The quantitative estimate of drug-likeness (QED) is 0.917. The zero-order valence-electron chi connectivity index (χ0n) is 12.2. The molecule has 1 aromatic heterocycles. The van der Waals surface area contributed by atoms with Gasteiger partial charge in [0.2, 0.25) is 11.8 Å². The number of amides is 1. The van der Waals surface area contributed by atoms with Crippen LogP contribution in [0, 0.1) is 6.92 Å². The van der Waals surface area contributed by atoms with Crippen LogP contribution in [0.5, 0.6) is 0 Å². The largest absolute Gasteiger partial charge is 0.339 e. The molecule has 2 aromatic rings. The Balaban J connectivity index is 1.48. The second-order valence-corrected chi connectivity index (χ2v) is 5.47. The monoisotopic (exact) mass is 285 g/mol. The van der Waals surface area contributed by atoms with Crippen LogP contribution >= 0.6 is 0 Å². The van der Waals surface area contributed by atoms with Crippen LogP contribution in [0.2, 0.25) is 0 Å². The lowest BCUT2D eigenvalue weighted by atomic mass is 10.1. The molecule has 1 amide bonds. The van der Waals surface area contributed by atoms with Crippen molar-refractivity contribution < 1.29 is 9.32 Å². The van der Waals surface area contributed by atoms with Crippen LogP contribution < -0.4 is 5.32 Å². The number of nitrogens with one attached hydrogen (secondary N) is 1. The van der Waals surface area contributed by atoms with E-state index in [1.807, 2.05) is 6.07 Å². The Morgan fingerprint density at radius 3 is 3.00 bits per heavy atom. The van der Waals surface area contributed by atoms with E-state index < -0.39 is 0 Å². The number of aromatic nitrogens is 2. The predicted molar refractivity (Wildman–Crippen MR) is 79.1 cm³/mol. The summed E-state index contributed by atoms with van der Waals surface area (Å²) < 4.78 is 5.02. The first-order chi connectivity index (χ1) is 10.2. The lowest BCUT2D eigenvalue weighted by molar-refractivity contribution is -0.116. The summed E-state index contributed by atoms with van der Waals surface area (Å²) in [6.07, 6.45) is 5.30. The molecular weight excluding hydrogens is 266 g/mol. The zero-order valence-corrected chi connectivity index (χ0v) is 12.2. The van der Waals surface area contributed by atoms with E-state index in [1.54, 1.807) is 6.92 Å². The summed E-state index contributed by atoms with van der Waals surface area (Å²) in [6, 6.07) is 6.21. The lowest BCUT2D eigenvalue weighted by Gasteiger charge is -2.07. The number of rotatable bonds is 5. The van der Waals surface area contributed by atoms with Gasteiger partial charge in [0.1, 0.15) is 0 Å². The van der Waals surface area contributed by atoms with Gasteiger partial charge in [0.15, 0.2) is 5.82 Å². The second kappa shape index (κ2) is 6.08. The first-order valence-electron chi connectivity index (χ1n) is 7.41. The van der Waals surface area contributed by atoms with Crippen molar-refractivity contribution in [2.75, 3.05) is 5.32 Å². The maximum absolute atomic E-state index is 11.9. The molecule has 0 aliphatic heterocycles. The molecule has 1 aromatic carbocycles. The van der Waals surface area contributed by atoms with E-state index in [1.165, 1.54) is 17.5 Å². The van der Waals surface area contributed by atoms with Gasteiger partial charge in [-0.15, -0.1) is 0 Å². The van der Waals surface area contributed by atoms with Crippen LogP contribution in [0.3, 0.4) is 0 Å². The molecule has 0 spiro atoms. The Labute approximate surface area is 123 Å². The van der Waals surface area contributed by atoms with Gasteiger partial charge in [0.25, 0.3) is 0 Å². The molecule has 3 rings (SSSR count). The molecule has 110 valence electrons.